The largest absolute Gasteiger partial charge is 0.320 e. The van der Waals surface area contributed by atoms with E-state index in [2.05, 4.69) is 37.2 Å². The lowest BCUT2D eigenvalue weighted by atomic mass is 10.3. The molecule has 2 rings (SSSR count). The van der Waals surface area contributed by atoms with E-state index in [-0.39, 0.29) is 15.6 Å². The highest BCUT2D eigenvalue weighted by Crippen LogP contribution is 2.33. The van der Waals surface area contributed by atoms with Crippen LogP contribution < -0.4 is 10.5 Å². The number of nitrogens with two attached hydrogens (primary N) is 1. The predicted octanol–water partition coefficient (Wildman–Crippen LogP) is 3.83. The molecule has 2 aromatic rings. The molecule has 10 heteroatoms. The molecular formula is C11H7Br2ClN2O3S2. The van der Waals surface area contributed by atoms with Crippen LogP contribution in [-0.4, -0.2) is 14.3 Å². The Balaban J connectivity index is 2.33. The van der Waals surface area contributed by atoms with E-state index >= 15 is 0 Å². The lowest BCUT2D eigenvalue weighted by molar-refractivity contribution is 0.103. The first-order chi connectivity index (χ1) is 9.68. The van der Waals surface area contributed by atoms with Crippen molar-refractivity contribution in [3.05, 3.63) is 42.4 Å². The van der Waals surface area contributed by atoms with Gasteiger partial charge in [0.2, 0.25) is 10.0 Å². The van der Waals surface area contributed by atoms with Gasteiger partial charge in [-0.1, -0.05) is 11.6 Å². The first-order valence-electron chi connectivity index (χ1n) is 5.27. The number of amides is 1. The SMILES string of the molecule is NS(=O)(=O)c1ccc(Cl)c(NC(=O)c2cc(Br)c(Br)s2)c1. The predicted molar refractivity (Wildman–Crippen MR) is 90.5 cm³/mol. The molecule has 0 unspecified atom stereocenters. The quantitative estimate of drug-likeness (QED) is 0.709. The molecule has 1 aromatic heterocycles. The first kappa shape index (κ1) is 16.9. The van der Waals surface area contributed by atoms with Crippen molar-refractivity contribution in [2.24, 2.45) is 5.14 Å². The number of halogens is 3. The lowest BCUT2D eigenvalue weighted by Gasteiger charge is -2.07. The standard InChI is InChI=1S/C11H7Br2ClN2O3S2/c12-6-4-9(20-10(6)13)11(17)16-8-3-5(21(15,18)19)1-2-7(8)14/h1-4H,(H,16,17)(H2,15,18,19). The first-order valence-corrected chi connectivity index (χ1v) is 9.59. The van der Waals surface area contributed by atoms with Gasteiger partial charge in [0, 0.05) is 4.47 Å². The Morgan fingerprint density at radius 1 is 1.29 bits per heavy atom. The number of carbonyl (C=O) groups excluding carboxylic acids is 1. The van der Waals surface area contributed by atoms with Crippen LogP contribution in [0.3, 0.4) is 0 Å². The molecule has 0 aliphatic heterocycles. The summed E-state index contributed by atoms with van der Waals surface area (Å²) in [5.74, 6) is -0.403. The van der Waals surface area contributed by atoms with E-state index in [1.807, 2.05) is 0 Å². The van der Waals surface area contributed by atoms with Gasteiger partial charge in [-0.2, -0.15) is 0 Å². The molecule has 0 aliphatic carbocycles. The fraction of sp³-hybridized carbons (Fsp3) is 0. The zero-order valence-corrected chi connectivity index (χ0v) is 15.6. The van der Waals surface area contributed by atoms with Crippen molar-refractivity contribution in [3.8, 4) is 0 Å². The molecule has 1 amide bonds. The average Bonchev–Trinajstić information content (AvgIpc) is 2.71. The van der Waals surface area contributed by atoms with Gasteiger partial charge < -0.3 is 5.32 Å². The maximum absolute atomic E-state index is 12.1. The number of carbonyl (C=O) groups is 1. The Bertz CT molecular complexity index is 801. The van der Waals surface area contributed by atoms with Gasteiger partial charge >= 0.3 is 0 Å². The second kappa shape index (κ2) is 6.35. The van der Waals surface area contributed by atoms with Gasteiger partial charge in [-0.15, -0.1) is 11.3 Å². The van der Waals surface area contributed by atoms with Crippen molar-refractivity contribution in [1.82, 2.24) is 0 Å². The molecule has 0 aliphatic rings. The van der Waals surface area contributed by atoms with E-state index in [1.165, 1.54) is 29.5 Å². The summed E-state index contributed by atoms with van der Waals surface area (Å²) in [6, 6.07) is 5.48. The van der Waals surface area contributed by atoms with Gasteiger partial charge in [-0.25, -0.2) is 13.6 Å². The van der Waals surface area contributed by atoms with Gasteiger partial charge in [-0.3, -0.25) is 4.79 Å². The monoisotopic (exact) mass is 472 g/mol. The number of nitrogens with one attached hydrogen (secondary N) is 1. The Hall–Kier alpha value is -0.450. The third kappa shape index (κ3) is 4.05. The normalized spacial score (nSPS) is 11.4. The van der Waals surface area contributed by atoms with Gasteiger partial charge in [0.05, 0.1) is 24.3 Å². The molecule has 0 saturated carbocycles. The van der Waals surface area contributed by atoms with Crippen LogP contribution in [0.25, 0.3) is 0 Å². The zero-order chi connectivity index (χ0) is 15.8. The zero-order valence-electron chi connectivity index (χ0n) is 10.1. The van der Waals surface area contributed by atoms with Gasteiger partial charge in [0.1, 0.15) is 0 Å². The highest BCUT2D eigenvalue weighted by molar-refractivity contribution is 9.13. The summed E-state index contributed by atoms with van der Waals surface area (Å²) in [4.78, 5) is 12.4. The van der Waals surface area contributed by atoms with Crippen molar-refractivity contribution in [1.29, 1.82) is 0 Å². The second-order valence-corrected chi connectivity index (χ2v) is 9.07. The Morgan fingerprint density at radius 2 is 1.95 bits per heavy atom. The van der Waals surface area contributed by atoms with Crippen LogP contribution in [-0.2, 0) is 10.0 Å². The van der Waals surface area contributed by atoms with E-state index in [9.17, 15) is 13.2 Å². The summed E-state index contributed by atoms with van der Waals surface area (Å²) < 4.78 is 24.2. The number of hydrogen-bond acceptors (Lipinski definition) is 4. The summed E-state index contributed by atoms with van der Waals surface area (Å²) >= 11 is 13.8. The van der Waals surface area contributed by atoms with Crippen LogP contribution in [0.5, 0.6) is 0 Å². The Morgan fingerprint density at radius 3 is 2.48 bits per heavy atom. The molecule has 0 atom stereocenters. The topological polar surface area (TPSA) is 89.3 Å². The van der Waals surface area contributed by atoms with Gasteiger partial charge in [0.25, 0.3) is 5.91 Å². The summed E-state index contributed by atoms with van der Waals surface area (Å²) in [6.45, 7) is 0. The van der Waals surface area contributed by atoms with E-state index in [0.29, 0.717) is 4.88 Å². The molecule has 3 N–H and O–H groups in total. The van der Waals surface area contributed by atoms with Crippen LogP contribution in [0.4, 0.5) is 5.69 Å². The highest BCUT2D eigenvalue weighted by Gasteiger charge is 2.16. The number of sulfonamides is 1. The molecular weight excluding hydrogens is 468 g/mol. The summed E-state index contributed by atoms with van der Waals surface area (Å²) in [5, 5.41) is 7.82. The molecule has 0 bridgehead atoms. The van der Waals surface area contributed by atoms with Crippen molar-refractivity contribution in [2.45, 2.75) is 4.90 Å². The third-order valence-corrected chi connectivity index (χ3v) is 6.88. The molecule has 0 spiro atoms. The van der Waals surface area contributed by atoms with Gasteiger partial charge in [0.15, 0.2) is 0 Å². The fourth-order valence-electron chi connectivity index (χ4n) is 1.42. The average molecular weight is 475 g/mol. The molecule has 5 nitrogen and oxygen atoms in total. The summed E-state index contributed by atoms with van der Waals surface area (Å²) in [5.41, 5.74) is 0.175. The highest BCUT2D eigenvalue weighted by atomic mass is 79.9. The van der Waals surface area contributed by atoms with Crippen molar-refractivity contribution in [3.63, 3.8) is 0 Å². The third-order valence-electron chi connectivity index (χ3n) is 2.38. The molecule has 112 valence electrons. The Labute approximate surface area is 146 Å². The summed E-state index contributed by atoms with van der Waals surface area (Å²) in [6.07, 6.45) is 0. The second-order valence-electron chi connectivity index (χ2n) is 3.87. The van der Waals surface area contributed by atoms with Crippen molar-refractivity contribution < 1.29 is 13.2 Å². The Kier molecular flexibility index (Phi) is 5.11. The maximum Gasteiger partial charge on any atom is 0.265 e. The number of rotatable bonds is 3. The molecule has 0 fully saturated rings. The fourth-order valence-corrected chi connectivity index (χ4v) is 4.06. The minimum Gasteiger partial charge on any atom is -0.320 e. The number of hydrogen-bond donors (Lipinski definition) is 2. The van der Waals surface area contributed by atoms with Crippen molar-refractivity contribution in [2.75, 3.05) is 5.32 Å². The van der Waals surface area contributed by atoms with E-state index in [4.69, 9.17) is 16.7 Å². The van der Waals surface area contributed by atoms with Crippen molar-refractivity contribution >= 4 is 76.4 Å². The lowest BCUT2D eigenvalue weighted by Crippen LogP contribution is -2.14. The van der Waals surface area contributed by atoms with Crippen LogP contribution in [0.1, 0.15) is 9.67 Å². The minimum atomic E-state index is -3.87. The van der Waals surface area contributed by atoms with E-state index in [0.717, 1.165) is 8.26 Å². The van der Waals surface area contributed by atoms with E-state index < -0.39 is 15.9 Å². The number of anilines is 1. The molecule has 0 saturated heterocycles. The molecule has 1 aromatic carbocycles. The summed E-state index contributed by atoms with van der Waals surface area (Å²) in [7, 11) is -3.87. The maximum atomic E-state index is 12.1. The van der Waals surface area contributed by atoms with E-state index in [1.54, 1.807) is 6.07 Å². The molecule has 0 radical (unpaired) electrons. The minimum absolute atomic E-state index is 0.129. The van der Waals surface area contributed by atoms with Crippen LogP contribution in [0.2, 0.25) is 5.02 Å². The number of benzene rings is 1. The van der Waals surface area contributed by atoms with Crippen LogP contribution in [0.15, 0.2) is 37.4 Å². The smallest absolute Gasteiger partial charge is 0.265 e. The molecule has 21 heavy (non-hydrogen) atoms. The van der Waals surface area contributed by atoms with Crippen LogP contribution in [0, 0.1) is 0 Å². The van der Waals surface area contributed by atoms with Gasteiger partial charge in [-0.05, 0) is 56.1 Å². The molecule has 1 heterocycles. The number of primary sulfonamides is 1. The number of thiophene rings is 1. The van der Waals surface area contributed by atoms with Crippen LogP contribution >= 0.6 is 54.8 Å².